The molecule has 0 spiro atoms. The van der Waals surface area contributed by atoms with Crippen LogP contribution in [0.4, 0.5) is 0 Å². The molecule has 4 heterocycles. The van der Waals surface area contributed by atoms with E-state index in [2.05, 4.69) is 26.3 Å². The number of hydrogen-bond acceptors (Lipinski definition) is 7. The van der Waals surface area contributed by atoms with Gasteiger partial charge in [0, 0.05) is 44.1 Å². The lowest BCUT2D eigenvalue weighted by Gasteiger charge is -2.07. The van der Waals surface area contributed by atoms with E-state index >= 15 is 0 Å². The van der Waals surface area contributed by atoms with Crippen molar-refractivity contribution in [3.63, 3.8) is 0 Å². The average molecular weight is 381 g/mol. The Morgan fingerprint density at radius 3 is 3.11 bits per heavy atom. The zero-order valence-corrected chi connectivity index (χ0v) is 15.8. The third-order valence-corrected chi connectivity index (χ3v) is 5.15. The number of benzene rings is 1. The highest BCUT2D eigenvalue weighted by Gasteiger charge is 2.34. The molecule has 146 valence electrons. The number of nitrogens with zero attached hydrogens (tertiary/aromatic N) is 5. The number of aryl methyl sites for hydroxylation is 1. The maximum atomic E-state index is 6.00. The zero-order valence-electron chi connectivity index (χ0n) is 15.8. The van der Waals surface area contributed by atoms with Crippen LogP contribution in [0.2, 0.25) is 0 Å². The van der Waals surface area contributed by atoms with E-state index < -0.39 is 0 Å². The highest BCUT2D eigenvalue weighted by molar-refractivity contribution is 5.56. The maximum absolute atomic E-state index is 6.00. The molecule has 5 rings (SSSR count). The summed E-state index contributed by atoms with van der Waals surface area (Å²) in [5, 5.41) is 8.32. The van der Waals surface area contributed by atoms with Crippen LogP contribution < -0.4 is 4.74 Å². The van der Waals surface area contributed by atoms with Crippen molar-refractivity contribution in [3.8, 4) is 17.1 Å². The van der Waals surface area contributed by atoms with E-state index in [9.17, 15) is 0 Å². The van der Waals surface area contributed by atoms with Crippen molar-refractivity contribution in [2.45, 2.75) is 31.5 Å². The second-order valence-electron chi connectivity index (χ2n) is 7.40. The Morgan fingerprint density at radius 2 is 2.29 bits per heavy atom. The van der Waals surface area contributed by atoms with Gasteiger partial charge in [-0.1, -0.05) is 17.3 Å². The molecule has 2 fully saturated rings. The molecule has 28 heavy (non-hydrogen) atoms. The maximum Gasteiger partial charge on any atom is 0.256 e. The van der Waals surface area contributed by atoms with Crippen LogP contribution in [0, 0.1) is 0 Å². The van der Waals surface area contributed by atoms with Crippen LogP contribution >= 0.6 is 0 Å². The molecule has 3 aromatic rings. The summed E-state index contributed by atoms with van der Waals surface area (Å²) < 4.78 is 18.8. The van der Waals surface area contributed by atoms with E-state index in [1.54, 1.807) is 0 Å². The molecule has 2 aromatic heterocycles. The van der Waals surface area contributed by atoms with Crippen molar-refractivity contribution >= 4 is 0 Å². The Kier molecular flexibility index (Phi) is 4.58. The summed E-state index contributed by atoms with van der Waals surface area (Å²) in [6, 6.07) is 8.27. The van der Waals surface area contributed by atoms with Gasteiger partial charge in [0.1, 0.15) is 18.5 Å². The van der Waals surface area contributed by atoms with Gasteiger partial charge in [-0.2, -0.15) is 10.1 Å². The molecule has 8 nitrogen and oxygen atoms in total. The summed E-state index contributed by atoms with van der Waals surface area (Å²) in [5.74, 6) is 1.94. The van der Waals surface area contributed by atoms with Crippen LogP contribution in [0.1, 0.15) is 30.4 Å². The Balaban J connectivity index is 1.17. The molecule has 2 saturated heterocycles. The molecule has 0 amide bonds. The van der Waals surface area contributed by atoms with E-state index in [0.717, 1.165) is 43.9 Å². The number of aromatic nitrogens is 4. The first-order valence-electron chi connectivity index (χ1n) is 9.64. The SMILES string of the molecule is Cn1cc(CN2CC2COc2cccc(-c3noc(C4CCCO4)n3)c2)cn1. The molecule has 0 radical (unpaired) electrons. The van der Waals surface area contributed by atoms with Crippen molar-refractivity contribution in [1.29, 1.82) is 0 Å². The van der Waals surface area contributed by atoms with Crippen molar-refractivity contribution in [2.75, 3.05) is 19.8 Å². The van der Waals surface area contributed by atoms with E-state index in [1.165, 1.54) is 5.56 Å². The van der Waals surface area contributed by atoms with Gasteiger partial charge in [-0.3, -0.25) is 9.58 Å². The van der Waals surface area contributed by atoms with Crippen LogP contribution in [-0.4, -0.2) is 50.6 Å². The van der Waals surface area contributed by atoms with Crippen LogP contribution in [0.25, 0.3) is 11.4 Å². The number of ether oxygens (including phenoxy) is 2. The van der Waals surface area contributed by atoms with Crippen molar-refractivity contribution in [2.24, 2.45) is 7.05 Å². The van der Waals surface area contributed by atoms with E-state index in [1.807, 2.05) is 42.2 Å². The van der Waals surface area contributed by atoms with Crippen LogP contribution in [0.5, 0.6) is 5.75 Å². The summed E-state index contributed by atoms with van der Waals surface area (Å²) in [6.07, 6.45) is 5.86. The van der Waals surface area contributed by atoms with E-state index in [-0.39, 0.29) is 6.10 Å². The minimum atomic E-state index is -0.0682. The smallest absolute Gasteiger partial charge is 0.256 e. The largest absolute Gasteiger partial charge is 0.492 e. The Morgan fingerprint density at radius 1 is 1.32 bits per heavy atom. The second kappa shape index (κ2) is 7.37. The predicted octanol–water partition coefficient (Wildman–Crippen LogP) is 2.58. The van der Waals surface area contributed by atoms with Gasteiger partial charge in [-0.05, 0) is 25.0 Å². The fraction of sp³-hybridized carbons (Fsp3) is 0.450. The van der Waals surface area contributed by atoms with Gasteiger partial charge >= 0.3 is 0 Å². The highest BCUT2D eigenvalue weighted by atomic mass is 16.5. The highest BCUT2D eigenvalue weighted by Crippen LogP contribution is 2.30. The fourth-order valence-corrected chi connectivity index (χ4v) is 3.54. The summed E-state index contributed by atoms with van der Waals surface area (Å²) in [6.45, 7) is 3.38. The van der Waals surface area contributed by atoms with E-state index in [0.29, 0.717) is 24.4 Å². The third kappa shape index (κ3) is 3.79. The standard InChI is InChI=1S/C20H23N5O3/c1-24-10-14(9-21-24)11-25-12-16(25)13-27-17-5-2-4-15(8-17)19-22-20(28-23-19)18-6-3-7-26-18/h2,4-5,8-10,16,18H,3,6-7,11-13H2,1H3. The van der Waals surface area contributed by atoms with E-state index in [4.69, 9.17) is 14.0 Å². The lowest BCUT2D eigenvalue weighted by molar-refractivity contribution is 0.0835. The molecule has 0 bridgehead atoms. The average Bonchev–Trinajstić information content (AvgIpc) is 3.16. The summed E-state index contributed by atoms with van der Waals surface area (Å²) in [7, 11) is 1.94. The molecular weight excluding hydrogens is 358 g/mol. The predicted molar refractivity (Wildman–Crippen MR) is 101 cm³/mol. The Hall–Kier alpha value is -2.71. The molecule has 8 heteroatoms. The van der Waals surface area contributed by atoms with Gasteiger partial charge in [0.05, 0.1) is 12.2 Å². The first-order valence-corrected chi connectivity index (χ1v) is 9.64. The van der Waals surface area contributed by atoms with Crippen LogP contribution in [-0.2, 0) is 18.3 Å². The lowest BCUT2D eigenvalue weighted by atomic mass is 10.2. The van der Waals surface area contributed by atoms with Gasteiger partial charge in [0.25, 0.3) is 5.89 Å². The third-order valence-electron chi connectivity index (χ3n) is 5.15. The van der Waals surface area contributed by atoms with Gasteiger partial charge in [0.2, 0.25) is 5.82 Å². The minimum absolute atomic E-state index is 0.0682. The number of hydrogen-bond donors (Lipinski definition) is 0. The Bertz CT molecular complexity index is 947. The van der Waals surface area contributed by atoms with Crippen LogP contribution in [0.3, 0.4) is 0 Å². The van der Waals surface area contributed by atoms with Crippen molar-refractivity contribution in [1.82, 2.24) is 24.8 Å². The first-order chi connectivity index (χ1) is 13.7. The zero-order chi connectivity index (χ0) is 18.9. The van der Waals surface area contributed by atoms with Gasteiger partial charge < -0.3 is 14.0 Å². The fourth-order valence-electron chi connectivity index (χ4n) is 3.54. The normalized spacial score (nSPS) is 23.8. The van der Waals surface area contributed by atoms with Crippen LogP contribution in [0.15, 0.2) is 41.2 Å². The van der Waals surface area contributed by atoms with Crippen molar-refractivity contribution < 1.29 is 14.0 Å². The molecule has 2 aliphatic heterocycles. The summed E-state index contributed by atoms with van der Waals surface area (Å²) in [5.41, 5.74) is 2.11. The van der Waals surface area contributed by atoms with Gasteiger partial charge in [0.15, 0.2) is 0 Å². The topological polar surface area (TPSA) is 78.2 Å². The second-order valence-corrected chi connectivity index (χ2v) is 7.40. The Labute approximate surface area is 163 Å². The van der Waals surface area contributed by atoms with Gasteiger partial charge in [-0.25, -0.2) is 0 Å². The molecule has 3 unspecified atom stereocenters. The molecule has 0 N–H and O–H groups in total. The monoisotopic (exact) mass is 381 g/mol. The summed E-state index contributed by atoms with van der Waals surface area (Å²) >= 11 is 0. The molecule has 1 aromatic carbocycles. The quantitative estimate of drug-likeness (QED) is 0.582. The molecule has 0 saturated carbocycles. The molecule has 2 aliphatic rings. The first kappa shape index (κ1) is 17.4. The van der Waals surface area contributed by atoms with Gasteiger partial charge in [-0.15, -0.1) is 0 Å². The molecular formula is C20H23N5O3. The molecule has 3 atom stereocenters. The molecule has 0 aliphatic carbocycles. The lowest BCUT2D eigenvalue weighted by Crippen LogP contribution is -2.10. The summed E-state index contributed by atoms with van der Waals surface area (Å²) in [4.78, 5) is 6.87. The van der Waals surface area contributed by atoms with Crippen molar-refractivity contribution in [3.05, 3.63) is 48.1 Å². The minimum Gasteiger partial charge on any atom is -0.492 e. The number of rotatable bonds is 7.